The van der Waals surface area contributed by atoms with Gasteiger partial charge in [-0.05, 0) is 12.1 Å². The lowest BCUT2D eigenvalue weighted by molar-refractivity contribution is 0.463. The Kier molecular flexibility index (Phi) is 2.13. The first-order chi connectivity index (χ1) is 11.8. The largest absolute Gasteiger partial charge is 0.494 e. The quantitative estimate of drug-likeness (QED) is 0.320. The number of aromatic hydroxyl groups is 1. The van der Waals surface area contributed by atoms with Crippen molar-refractivity contribution in [3.05, 3.63) is 54.7 Å². The zero-order valence-electron chi connectivity index (χ0n) is 12.6. The summed E-state index contributed by atoms with van der Waals surface area (Å²) < 4.78 is 2.44. The third-order valence-corrected chi connectivity index (χ3v) is 6.10. The Labute approximate surface area is 140 Å². The number of thiophene rings is 1. The highest BCUT2D eigenvalue weighted by Gasteiger charge is 2.20. The lowest BCUT2D eigenvalue weighted by atomic mass is 10.0. The molecule has 0 saturated heterocycles. The van der Waals surface area contributed by atoms with Crippen LogP contribution in [0.1, 0.15) is 0 Å². The Morgan fingerprint density at radius 1 is 0.792 bits per heavy atom. The lowest BCUT2D eigenvalue weighted by Crippen LogP contribution is -1.74. The number of benzene rings is 3. The Bertz CT molecular complexity index is 1420. The van der Waals surface area contributed by atoms with Crippen LogP contribution in [0.2, 0.25) is 0 Å². The van der Waals surface area contributed by atoms with E-state index in [4.69, 9.17) is 0 Å². The van der Waals surface area contributed by atoms with Crippen LogP contribution in [0.25, 0.3) is 52.8 Å². The Morgan fingerprint density at radius 3 is 2.50 bits per heavy atom. The molecule has 6 rings (SSSR count). The van der Waals surface area contributed by atoms with E-state index < -0.39 is 0 Å². The fraction of sp³-hybridized carbons (Fsp3) is 0. The van der Waals surface area contributed by atoms with Crippen molar-refractivity contribution in [1.29, 1.82) is 0 Å². The van der Waals surface area contributed by atoms with Gasteiger partial charge in [0.1, 0.15) is 0 Å². The molecule has 0 aliphatic rings. The van der Waals surface area contributed by atoms with E-state index >= 15 is 0 Å². The molecule has 0 aliphatic heterocycles. The Hall–Kier alpha value is -2.98. The van der Waals surface area contributed by atoms with Crippen LogP contribution in [0.15, 0.2) is 54.7 Å². The van der Waals surface area contributed by atoms with Gasteiger partial charge in [0.15, 0.2) is 5.88 Å². The van der Waals surface area contributed by atoms with Crippen molar-refractivity contribution in [3.63, 3.8) is 0 Å². The molecule has 0 amide bonds. The minimum Gasteiger partial charge on any atom is -0.494 e. The average molecular weight is 328 g/mol. The van der Waals surface area contributed by atoms with Gasteiger partial charge in [-0.3, -0.25) is 0 Å². The topological polar surface area (TPSA) is 51.8 Å². The van der Waals surface area contributed by atoms with Gasteiger partial charge in [-0.1, -0.05) is 36.4 Å². The summed E-state index contributed by atoms with van der Waals surface area (Å²) in [6, 6.07) is 16.7. The summed E-state index contributed by atoms with van der Waals surface area (Å²) in [6.07, 6.45) is 1.92. The van der Waals surface area contributed by atoms with Crippen LogP contribution in [-0.4, -0.2) is 15.1 Å². The van der Waals surface area contributed by atoms with E-state index in [1.165, 1.54) is 25.6 Å². The maximum absolute atomic E-state index is 10.5. The van der Waals surface area contributed by atoms with Gasteiger partial charge in [-0.15, -0.1) is 11.3 Å². The van der Waals surface area contributed by atoms with Crippen molar-refractivity contribution in [3.8, 4) is 5.88 Å². The molecule has 3 aromatic carbocycles. The molecule has 3 N–H and O–H groups in total. The van der Waals surface area contributed by atoms with Crippen LogP contribution in [-0.2, 0) is 0 Å². The van der Waals surface area contributed by atoms with E-state index in [-0.39, 0.29) is 5.88 Å². The number of H-pyrrole nitrogens is 2. The van der Waals surface area contributed by atoms with Crippen molar-refractivity contribution in [2.45, 2.75) is 0 Å². The molecular formula is C20H12N2OS. The van der Waals surface area contributed by atoms with Crippen molar-refractivity contribution in [1.82, 2.24) is 9.97 Å². The number of nitrogens with one attached hydrogen (secondary N) is 2. The van der Waals surface area contributed by atoms with Gasteiger partial charge in [-0.25, -0.2) is 0 Å². The monoisotopic (exact) mass is 328 g/mol. The minimum absolute atomic E-state index is 0.241. The molecule has 4 heteroatoms. The molecule has 3 nitrogen and oxygen atoms in total. The van der Waals surface area contributed by atoms with Gasteiger partial charge in [0.05, 0.1) is 15.6 Å². The van der Waals surface area contributed by atoms with Crippen LogP contribution in [0.3, 0.4) is 0 Å². The smallest absolute Gasteiger partial charge is 0.197 e. The minimum atomic E-state index is 0.241. The van der Waals surface area contributed by atoms with Crippen molar-refractivity contribution in [2.24, 2.45) is 0 Å². The number of aromatic nitrogens is 2. The first-order valence-electron chi connectivity index (χ1n) is 7.86. The Morgan fingerprint density at radius 2 is 1.58 bits per heavy atom. The zero-order valence-corrected chi connectivity index (χ0v) is 13.4. The summed E-state index contributed by atoms with van der Waals surface area (Å²) in [5, 5.41) is 17.2. The number of para-hydroxylation sites is 1. The third-order valence-electron chi connectivity index (χ3n) is 4.91. The molecule has 0 fully saturated rings. The predicted octanol–water partition coefficient (Wildman–Crippen LogP) is 5.88. The maximum Gasteiger partial charge on any atom is 0.197 e. The second-order valence-electron chi connectivity index (χ2n) is 6.15. The number of rotatable bonds is 0. The van der Waals surface area contributed by atoms with Crippen molar-refractivity contribution < 1.29 is 5.11 Å². The summed E-state index contributed by atoms with van der Waals surface area (Å²) >= 11 is 1.78. The van der Waals surface area contributed by atoms with Crippen LogP contribution >= 0.6 is 11.3 Å². The summed E-state index contributed by atoms with van der Waals surface area (Å²) in [5.74, 6) is 0.241. The highest BCUT2D eigenvalue weighted by Crippen LogP contribution is 2.47. The van der Waals surface area contributed by atoms with Crippen LogP contribution in [0.4, 0.5) is 0 Å². The summed E-state index contributed by atoms with van der Waals surface area (Å²) in [4.78, 5) is 6.61. The first-order valence-corrected chi connectivity index (χ1v) is 8.68. The van der Waals surface area contributed by atoms with Crippen LogP contribution < -0.4 is 0 Å². The van der Waals surface area contributed by atoms with Gasteiger partial charge in [-0.2, -0.15) is 0 Å². The predicted molar refractivity (Wildman–Crippen MR) is 102 cm³/mol. The molecule has 0 spiro atoms. The molecular weight excluding hydrogens is 316 g/mol. The molecule has 3 aromatic heterocycles. The molecule has 0 radical (unpaired) electrons. The standard InChI is InChI=1S/C20H12N2OS/c23-20-17-12(9-21-20)15-10-5-1-3-7-13(10)22-18(15)19-16(17)11-6-2-4-8-14(11)24-19/h1-9,21-23H. The van der Waals surface area contributed by atoms with E-state index in [0.717, 1.165) is 27.2 Å². The van der Waals surface area contributed by atoms with Gasteiger partial charge < -0.3 is 15.1 Å². The van der Waals surface area contributed by atoms with Crippen molar-refractivity contribution in [2.75, 3.05) is 0 Å². The molecule has 0 atom stereocenters. The molecule has 3 heterocycles. The highest BCUT2D eigenvalue weighted by molar-refractivity contribution is 7.27. The molecule has 114 valence electrons. The summed E-state index contributed by atoms with van der Waals surface area (Å²) in [6.45, 7) is 0. The fourth-order valence-electron chi connectivity index (χ4n) is 3.92. The van der Waals surface area contributed by atoms with Gasteiger partial charge in [0.2, 0.25) is 0 Å². The maximum atomic E-state index is 10.5. The van der Waals surface area contributed by atoms with E-state index in [1.54, 1.807) is 11.3 Å². The lowest BCUT2D eigenvalue weighted by Gasteiger charge is -2.00. The van der Waals surface area contributed by atoms with Crippen molar-refractivity contribution >= 4 is 64.1 Å². The molecule has 0 unspecified atom stereocenters. The highest BCUT2D eigenvalue weighted by atomic mass is 32.1. The molecule has 0 aliphatic carbocycles. The molecule has 0 saturated carbocycles. The normalized spacial score (nSPS) is 12.3. The van der Waals surface area contributed by atoms with Crippen LogP contribution in [0, 0.1) is 0 Å². The second-order valence-corrected chi connectivity index (χ2v) is 7.20. The molecule has 6 aromatic rings. The summed E-state index contributed by atoms with van der Waals surface area (Å²) in [5.41, 5.74) is 2.28. The van der Waals surface area contributed by atoms with Gasteiger partial charge in [0, 0.05) is 43.3 Å². The van der Waals surface area contributed by atoms with E-state index in [1.807, 2.05) is 12.3 Å². The zero-order chi connectivity index (χ0) is 15.8. The fourth-order valence-corrected chi connectivity index (χ4v) is 5.14. The van der Waals surface area contributed by atoms with E-state index in [9.17, 15) is 5.11 Å². The molecule has 0 bridgehead atoms. The number of hydrogen-bond acceptors (Lipinski definition) is 2. The number of hydrogen-bond donors (Lipinski definition) is 3. The first kappa shape index (κ1) is 12.4. The number of fused-ring (bicyclic) bond motifs is 10. The SMILES string of the molecule is Oc1[nH]cc2c1c1c3ccccc3sc1c1[nH]c3ccccc3c21. The number of aromatic amines is 2. The third kappa shape index (κ3) is 1.33. The second kappa shape index (κ2) is 4.10. The van der Waals surface area contributed by atoms with Crippen LogP contribution in [0.5, 0.6) is 5.88 Å². The average Bonchev–Trinajstić information content (AvgIpc) is 3.27. The van der Waals surface area contributed by atoms with E-state index in [0.29, 0.717) is 0 Å². The van der Waals surface area contributed by atoms with Gasteiger partial charge in [0.25, 0.3) is 0 Å². The Balaban J connectivity index is 2.08. The molecule has 24 heavy (non-hydrogen) atoms. The summed E-state index contributed by atoms with van der Waals surface area (Å²) in [7, 11) is 0. The van der Waals surface area contributed by atoms with Gasteiger partial charge >= 0.3 is 0 Å². The van der Waals surface area contributed by atoms with E-state index in [2.05, 4.69) is 52.4 Å².